The maximum atomic E-state index is 12.0. The fourth-order valence-electron chi connectivity index (χ4n) is 1.35. The fraction of sp³-hybridized carbons (Fsp3) is 0.417. The van der Waals surface area contributed by atoms with Gasteiger partial charge in [-0.2, -0.15) is 0 Å². The lowest BCUT2D eigenvalue weighted by Gasteiger charge is -2.15. The van der Waals surface area contributed by atoms with Crippen molar-refractivity contribution in [1.29, 1.82) is 0 Å². The largest absolute Gasteiger partial charge is 0.478 e. The van der Waals surface area contributed by atoms with Gasteiger partial charge in [0.2, 0.25) is 10.0 Å². The molecule has 0 aromatic heterocycles. The summed E-state index contributed by atoms with van der Waals surface area (Å²) >= 11 is 5.72. The molecule has 0 aliphatic rings. The van der Waals surface area contributed by atoms with Crippen molar-refractivity contribution in [2.45, 2.75) is 24.8 Å². The van der Waals surface area contributed by atoms with Crippen LogP contribution in [-0.4, -0.2) is 37.2 Å². The van der Waals surface area contributed by atoms with E-state index in [9.17, 15) is 18.3 Å². The number of nitrogens with one attached hydrogen (secondary N) is 1. The van der Waals surface area contributed by atoms with Crippen molar-refractivity contribution < 1.29 is 23.4 Å². The monoisotopic (exact) mass is 321 g/mol. The van der Waals surface area contributed by atoms with Crippen LogP contribution in [0.3, 0.4) is 0 Å². The minimum atomic E-state index is -3.84. The summed E-state index contributed by atoms with van der Waals surface area (Å²) in [5.41, 5.74) is -0.173. The van der Waals surface area contributed by atoms with E-state index in [1.807, 2.05) is 0 Å². The van der Waals surface area contributed by atoms with Crippen molar-refractivity contribution in [3.8, 4) is 0 Å². The summed E-state index contributed by atoms with van der Waals surface area (Å²) in [4.78, 5) is 10.6. The molecule has 0 fully saturated rings. The third kappa shape index (κ3) is 4.17. The maximum absolute atomic E-state index is 12.0. The van der Waals surface area contributed by atoms with Crippen molar-refractivity contribution in [3.63, 3.8) is 0 Å². The van der Waals surface area contributed by atoms with Crippen molar-refractivity contribution in [3.05, 3.63) is 28.8 Å². The lowest BCUT2D eigenvalue weighted by molar-refractivity contribution is 0.0697. The van der Waals surface area contributed by atoms with E-state index in [2.05, 4.69) is 4.72 Å². The van der Waals surface area contributed by atoms with E-state index in [0.29, 0.717) is 0 Å². The van der Waals surface area contributed by atoms with E-state index in [1.165, 1.54) is 0 Å². The second-order valence-corrected chi connectivity index (χ2v) is 6.78. The van der Waals surface area contributed by atoms with Crippen LogP contribution < -0.4 is 4.72 Å². The third-order valence-electron chi connectivity index (χ3n) is 2.73. The minimum Gasteiger partial charge on any atom is -0.478 e. The normalized spacial score (nSPS) is 13.4. The molecule has 0 saturated heterocycles. The molecule has 3 N–H and O–H groups in total. The highest BCUT2D eigenvalue weighted by Gasteiger charge is 2.19. The van der Waals surface area contributed by atoms with Gasteiger partial charge in [0.25, 0.3) is 0 Å². The highest BCUT2D eigenvalue weighted by molar-refractivity contribution is 7.89. The second kappa shape index (κ2) is 6.53. The highest BCUT2D eigenvalue weighted by Crippen LogP contribution is 2.20. The molecule has 0 bridgehead atoms. The first kappa shape index (κ1) is 16.9. The zero-order valence-electron chi connectivity index (χ0n) is 11.0. The number of aliphatic hydroxyl groups is 1. The first-order valence-corrected chi connectivity index (χ1v) is 7.72. The smallest absolute Gasteiger partial charge is 0.337 e. The van der Waals surface area contributed by atoms with Crippen LogP contribution >= 0.6 is 11.6 Å². The van der Waals surface area contributed by atoms with Gasteiger partial charge in [-0.25, -0.2) is 17.9 Å². The predicted octanol–water partition coefficient (Wildman–Crippen LogP) is 1.33. The summed E-state index contributed by atoms with van der Waals surface area (Å²) in [6.45, 7) is 3.40. The summed E-state index contributed by atoms with van der Waals surface area (Å²) in [5, 5.41) is 18.2. The molecular weight excluding hydrogens is 306 g/mol. The van der Waals surface area contributed by atoms with Crippen LogP contribution in [0.25, 0.3) is 0 Å². The van der Waals surface area contributed by atoms with Crippen LogP contribution in [0.5, 0.6) is 0 Å². The minimum absolute atomic E-state index is 0.0873. The third-order valence-corrected chi connectivity index (χ3v) is 4.47. The molecule has 1 aromatic rings. The van der Waals surface area contributed by atoms with Gasteiger partial charge in [-0.15, -0.1) is 0 Å². The van der Waals surface area contributed by atoms with Crippen molar-refractivity contribution in [1.82, 2.24) is 4.72 Å². The van der Waals surface area contributed by atoms with Gasteiger partial charge in [0.15, 0.2) is 0 Å². The average Bonchev–Trinajstić information content (AvgIpc) is 2.35. The molecule has 1 rings (SSSR count). The number of hydrogen-bond acceptors (Lipinski definition) is 4. The Morgan fingerprint density at radius 3 is 2.45 bits per heavy atom. The average molecular weight is 322 g/mol. The number of halogens is 1. The van der Waals surface area contributed by atoms with Gasteiger partial charge in [0, 0.05) is 6.54 Å². The Kier molecular flexibility index (Phi) is 5.52. The molecule has 0 heterocycles. The van der Waals surface area contributed by atoms with E-state index in [0.717, 1.165) is 18.2 Å². The van der Waals surface area contributed by atoms with Crippen molar-refractivity contribution in [2.24, 2.45) is 5.92 Å². The number of carbonyl (C=O) groups is 1. The first-order chi connectivity index (χ1) is 9.15. The molecule has 1 unspecified atom stereocenters. The Morgan fingerprint density at radius 2 is 2.00 bits per heavy atom. The molecule has 0 amide bonds. The van der Waals surface area contributed by atoms with Gasteiger partial charge in [-0.1, -0.05) is 25.4 Å². The molecule has 1 atom stereocenters. The van der Waals surface area contributed by atoms with Crippen LogP contribution in [-0.2, 0) is 10.0 Å². The number of aromatic carboxylic acids is 1. The number of benzene rings is 1. The molecule has 0 radical (unpaired) electrons. The van der Waals surface area contributed by atoms with Gasteiger partial charge < -0.3 is 10.2 Å². The van der Waals surface area contributed by atoms with Gasteiger partial charge in [-0.05, 0) is 24.1 Å². The number of hydrogen-bond donors (Lipinski definition) is 3. The quantitative estimate of drug-likeness (QED) is 0.733. The molecule has 112 valence electrons. The number of rotatable bonds is 6. The number of aliphatic hydroxyl groups excluding tert-OH is 1. The SMILES string of the molecule is CC(C)C(O)CNS(=O)(=O)c1ccc(C(=O)O)c(Cl)c1. The van der Waals surface area contributed by atoms with Crippen LogP contribution in [0.2, 0.25) is 5.02 Å². The molecule has 0 spiro atoms. The standard InChI is InChI=1S/C12H16ClNO5S/c1-7(2)11(15)6-14-20(18,19)8-3-4-9(12(16)17)10(13)5-8/h3-5,7,11,14-15H,6H2,1-2H3,(H,16,17). The summed E-state index contributed by atoms with van der Waals surface area (Å²) < 4.78 is 26.2. The number of carboxylic acid groups (broad SMARTS) is 1. The van der Waals surface area contributed by atoms with E-state index in [4.69, 9.17) is 16.7 Å². The lowest BCUT2D eigenvalue weighted by Crippen LogP contribution is -2.34. The Bertz CT molecular complexity index is 600. The summed E-state index contributed by atoms with van der Waals surface area (Å²) in [6.07, 6.45) is -0.807. The molecule has 0 aliphatic carbocycles. The topological polar surface area (TPSA) is 104 Å². The molecular formula is C12H16ClNO5S. The molecule has 8 heteroatoms. The Morgan fingerprint density at radius 1 is 1.40 bits per heavy atom. The van der Waals surface area contributed by atoms with E-state index in [1.54, 1.807) is 13.8 Å². The zero-order valence-corrected chi connectivity index (χ0v) is 12.6. The Hall–Kier alpha value is -1.15. The molecule has 20 heavy (non-hydrogen) atoms. The van der Waals surface area contributed by atoms with Gasteiger partial charge in [0.1, 0.15) is 0 Å². The second-order valence-electron chi connectivity index (χ2n) is 4.61. The Balaban J connectivity index is 2.94. The zero-order chi connectivity index (χ0) is 15.5. The van der Waals surface area contributed by atoms with Crippen LogP contribution in [0.4, 0.5) is 0 Å². The summed E-state index contributed by atoms with van der Waals surface area (Å²) in [6, 6.07) is 3.34. The maximum Gasteiger partial charge on any atom is 0.337 e. The van der Waals surface area contributed by atoms with Gasteiger partial charge in [-0.3, -0.25) is 0 Å². The van der Waals surface area contributed by atoms with E-state index in [-0.39, 0.29) is 27.9 Å². The molecule has 6 nitrogen and oxygen atoms in total. The number of carboxylic acids is 1. The van der Waals surface area contributed by atoms with Crippen molar-refractivity contribution >= 4 is 27.6 Å². The van der Waals surface area contributed by atoms with E-state index >= 15 is 0 Å². The molecule has 0 saturated carbocycles. The first-order valence-electron chi connectivity index (χ1n) is 5.85. The number of sulfonamides is 1. The summed E-state index contributed by atoms with van der Waals surface area (Å²) in [5.74, 6) is -1.32. The van der Waals surface area contributed by atoms with Gasteiger partial charge >= 0.3 is 5.97 Å². The fourth-order valence-corrected chi connectivity index (χ4v) is 2.75. The van der Waals surface area contributed by atoms with Crippen molar-refractivity contribution in [2.75, 3.05) is 6.54 Å². The lowest BCUT2D eigenvalue weighted by atomic mass is 10.1. The van der Waals surface area contributed by atoms with Crippen LogP contribution in [0.1, 0.15) is 24.2 Å². The highest BCUT2D eigenvalue weighted by atomic mass is 35.5. The predicted molar refractivity (Wildman–Crippen MR) is 74.4 cm³/mol. The van der Waals surface area contributed by atoms with Crippen LogP contribution in [0, 0.1) is 5.92 Å². The van der Waals surface area contributed by atoms with Crippen LogP contribution in [0.15, 0.2) is 23.1 Å². The molecule has 0 aliphatic heterocycles. The van der Waals surface area contributed by atoms with E-state index < -0.39 is 22.1 Å². The summed E-state index contributed by atoms with van der Waals surface area (Å²) in [7, 11) is -3.84. The Labute approximate surface area is 122 Å². The van der Waals surface area contributed by atoms with Gasteiger partial charge in [0.05, 0.1) is 21.6 Å². The molecule has 1 aromatic carbocycles.